The fourth-order valence-corrected chi connectivity index (χ4v) is 1.47. The van der Waals surface area contributed by atoms with Gasteiger partial charge in [0.2, 0.25) is 0 Å². The lowest BCUT2D eigenvalue weighted by Crippen LogP contribution is -1.99. The molecule has 1 aromatic carbocycles. The maximum atomic E-state index is 11.2. The van der Waals surface area contributed by atoms with Gasteiger partial charge in [-0.05, 0) is 23.8 Å². The minimum absolute atomic E-state index is 0.301. The van der Waals surface area contributed by atoms with Crippen molar-refractivity contribution >= 4 is 29.5 Å². The van der Waals surface area contributed by atoms with Gasteiger partial charge >= 0.3 is 5.97 Å². The summed E-state index contributed by atoms with van der Waals surface area (Å²) in [7, 11) is 0. The molecule has 1 heterocycles. The van der Waals surface area contributed by atoms with Crippen LogP contribution in [-0.4, -0.2) is 11.9 Å². The number of nitrogens with zero attached hydrogens (tertiary/aromatic N) is 1. The lowest BCUT2D eigenvalue weighted by Gasteiger charge is -1.94. The third-order valence-corrected chi connectivity index (χ3v) is 2.11. The SMILES string of the molecule is CC1=NC(=Cc2cccc(Cl)c2)C(=O)O1. The van der Waals surface area contributed by atoms with Crippen LogP contribution in [0.5, 0.6) is 0 Å². The molecule has 0 unspecified atom stereocenters. The molecule has 4 heteroatoms. The Kier molecular flexibility index (Phi) is 2.56. The maximum absolute atomic E-state index is 11.2. The summed E-state index contributed by atoms with van der Waals surface area (Å²) >= 11 is 5.81. The summed E-state index contributed by atoms with van der Waals surface area (Å²) in [6, 6.07) is 7.18. The normalized spacial score (nSPS) is 17.9. The van der Waals surface area contributed by atoms with Crippen LogP contribution in [0.3, 0.4) is 0 Å². The molecule has 0 aromatic heterocycles. The lowest BCUT2D eigenvalue weighted by molar-refractivity contribution is -0.130. The largest absolute Gasteiger partial charge is 0.407 e. The van der Waals surface area contributed by atoms with Gasteiger partial charge < -0.3 is 4.74 Å². The first-order valence-electron chi connectivity index (χ1n) is 4.40. The minimum Gasteiger partial charge on any atom is -0.407 e. The zero-order chi connectivity index (χ0) is 10.8. The van der Waals surface area contributed by atoms with Gasteiger partial charge in [-0.15, -0.1) is 0 Å². The second-order valence-corrected chi connectivity index (χ2v) is 3.54. The van der Waals surface area contributed by atoms with E-state index >= 15 is 0 Å². The van der Waals surface area contributed by atoms with Crippen LogP contribution in [0.15, 0.2) is 35.0 Å². The Morgan fingerprint density at radius 1 is 1.47 bits per heavy atom. The van der Waals surface area contributed by atoms with E-state index in [-0.39, 0.29) is 0 Å². The highest BCUT2D eigenvalue weighted by atomic mass is 35.5. The molecule has 0 spiro atoms. The monoisotopic (exact) mass is 221 g/mol. The van der Waals surface area contributed by atoms with Crippen LogP contribution < -0.4 is 0 Å². The first-order valence-corrected chi connectivity index (χ1v) is 4.78. The maximum Gasteiger partial charge on any atom is 0.363 e. The molecule has 0 amide bonds. The molecule has 0 aliphatic carbocycles. The zero-order valence-corrected chi connectivity index (χ0v) is 8.78. The van der Waals surface area contributed by atoms with Crippen LogP contribution in [0.1, 0.15) is 12.5 Å². The average Bonchev–Trinajstić information content (AvgIpc) is 2.45. The number of aliphatic imine (C=N–C) groups is 1. The van der Waals surface area contributed by atoms with Crippen molar-refractivity contribution in [3.8, 4) is 0 Å². The predicted octanol–water partition coefficient (Wildman–Crippen LogP) is 2.66. The van der Waals surface area contributed by atoms with Gasteiger partial charge in [0, 0.05) is 11.9 Å². The van der Waals surface area contributed by atoms with E-state index < -0.39 is 5.97 Å². The van der Waals surface area contributed by atoms with Crippen LogP contribution in [0, 0.1) is 0 Å². The summed E-state index contributed by atoms with van der Waals surface area (Å²) in [6.45, 7) is 1.64. The summed E-state index contributed by atoms with van der Waals surface area (Å²) in [4.78, 5) is 15.2. The Hall–Kier alpha value is -1.61. The molecular weight excluding hydrogens is 214 g/mol. The van der Waals surface area contributed by atoms with Crippen LogP contribution in [0.25, 0.3) is 6.08 Å². The number of benzene rings is 1. The summed E-state index contributed by atoms with van der Waals surface area (Å²) in [5.41, 5.74) is 1.13. The number of hydrogen-bond donors (Lipinski definition) is 0. The van der Waals surface area contributed by atoms with E-state index in [0.29, 0.717) is 16.6 Å². The lowest BCUT2D eigenvalue weighted by atomic mass is 10.2. The highest BCUT2D eigenvalue weighted by Crippen LogP contribution is 2.17. The Morgan fingerprint density at radius 2 is 2.27 bits per heavy atom. The molecule has 3 nitrogen and oxygen atoms in total. The van der Waals surface area contributed by atoms with E-state index in [0.717, 1.165) is 5.56 Å². The second-order valence-electron chi connectivity index (χ2n) is 3.10. The average molecular weight is 222 g/mol. The molecule has 0 saturated carbocycles. The van der Waals surface area contributed by atoms with Gasteiger partial charge in [-0.2, -0.15) is 0 Å². The molecule has 0 bridgehead atoms. The number of rotatable bonds is 1. The number of carbonyl (C=O) groups excluding carboxylic acids is 1. The van der Waals surface area contributed by atoms with Crippen molar-refractivity contribution in [1.29, 1.82) is 0 Å². The van der Waals surface area contributed by atoms with Crippen molar-refractivity contribution in [3.63, 3.8) is 0 Å². The molecule has 1 aliphatic rings. The van der Waals surface area contributed by atoms with Gasteiger partial charge in [-0.25, -0.2) is 9.79 Å². The predicted molar refractivity (Wildman–Crippen MR) is 58.6 cm³/mol. The molecule has 1 aromatic rings. The summed E-state index contributed by atoms with van der Waals surface area (Å²) in [6.07, 6.45) is 1.64. The van der Waals surface area contributed by atoms with Gasteiger partial charge in [-0.3, -0.25) is 0 Å². The molecule has 15 heavy (non-hydrogen) atoms. The van der Waals surface area contributed by atoms with Gasteiger partial charge in [0.15, 0.2) is 11.6 Å². The Balaban J connectivity index is 2.35. The molecule has 0 saturated heterocycles. The molecule has 2 rings (SSSR count). The topological polar surface area (TPSA) is 38.7 Å². The molecule has 1 aliphatic heterocycles. The van der Waals surface area contributed by atoms with Crippen molar-refractivity contribution < 1.29 is 9.53 Å². The van der Waals surface area contributed by atoms with Gasteiger partial charge in [-0.1, -0.05) is 23.7 Å². The zero-order valence-electron chi connectivity index (χ0n) is 8.03. The molecule has 0 fully saturated rings. The smallest absolute Gasteiger partial charge is 0.363 e. The number of halogens is 1. The number of ether oxygens (including phenoxy) is 1. The van der Waals surface area contributed by atoms with Gasteiger partial charge in [0.1, 0.15) is 0 Å². The highest BCUT2D eigenvalue weighted by Gasteiger charge is 2.19. The van der Waals surface area contributed by atoms with Gasteiger partial charge in [0.05, 0.1) is 0 Å². The first-order chi connectivity index (χ1) is 7.15. The molecule has 0 radical (unpaired) electrons. The molecule has 0 N–H and O–H groups in total. The van der Waals surface area contributed by atoms with E-state index in [1.165, 1.54) is 0 Å². The van der Waals surface area contributed by atoms with Crippen molar-refractivity contribution in [2.45, 2.75) is 6.92 Å². The number of esters is 1. The van der Waals surface area contributed by atoms with Crippen molar-refractivity contribution in [1.82, 2.24) is 0 Å². The number of cyclic esters (lactones) is 1. The quantitative estimate of drug-likeness (QED) is 0.540. The van der Waals surface area contributed by atoms with Gasteiger partial charge in [0.25, 0.3) is 0 Å². The second kappa shape index (κ2) is 3.87. The van der Waals surface area contributed by atoms with Crippen molar-refractivity contribution in [2.75, 3.05) is 0 Å². The third-order valence-electron chi connectivity index (χ3n) is 1.88. The van der Waals surface area contributed by atoms with E-state index in [1.807, 2.05) is 12.1 Å². The van der Waals surface area contributed by atoms with E-state index in [1.54, 1.807) is 25.1 Å². The summed E-state index contributed by atoms with van der Waals surface area (Å²) in [5.74, 6) is -0.0549. The minimum atomic E-state index is -0.424. The fraction of sp³-hybridized carbons (Fsp3) is 0.0909. The Bertz CT molecular complexity index is 477. The number of hydrogen-bond acceptors (Lipinski definition) is 3. The van der Waals surface area contributed by atoms with E-state index in [2.05, 4.69) is 4.99 Å². The van der Waals surface area contributed by atoms with Crippen LogP contribution in [-0.2, 0) is 9.53 Å². The van der Waals surface area contributed by atoms with E-state index in [9.17, 15) is 4.79 Å². The standard InChI is InChI=1S/C11H8ClNO2/c1-7-13-10(11(14)15-7)6-8-3-2-4-9(12)5-8/h2-6H,1H3. The highest BCUT2D eigenvalue weighted by molar-refractivity contribution is 6.30. The van der Waals surface area contributed by atoms with E-state index in [4.69, 9.17) is 16.3 Å². The van der Waals surface area contributed by atoms with Crippen molar-refractivity contribution in [3.05, 3.63) is 40.5 Å². The molecular formula is C11H8ClNO2. The fourth-order valence-electron chi connectivity index (χ4n) is 1.27. The number of carbonyl (C=O) groups is 1. The first kappa shape index (κ1) is 9.93. The summed E-state index contributed by atoms with van der Waals surface area (Å²) in [5, 5.41) is 0.622. The third kappa shape index (κ3) is 2.25. The van der Waals surface area contributed by atoms with Crippen LogP contribution in [0.4, 0.5) is 0 Å². The van der Waals surface area contributed by atoms with Crippen LogP contribution >= 0.6 is 11.6 Å². The Labute approximate surface area is 92.0 Å². The Morgan fingerprint density at radius 3 is 2.87 bits per heavy atom. The van der Waals surface area contributed by atoms with Crippen LogP contribution in [0.2, 0.25) is 5.02 Å². The van der Waals surface area contributed by atoms with Crippen molar-refractivity contribution in [2.24, 2.45) is 4.99 Å². The summed E-state index contributed by atoms with van der Waals surface area (Å²) < 4.78 is 4.79. The molecule has 76 valence electrons. The molecule has 0 atom stereocenters.